The summed E-state index contributed by atoms with van der Waals surface area (Å²) in [5.74, 6) is 1.28. The molecule has 2 N–H and O–H groups in total. The summed E-state index contributed by atoms with van der Waals surface area (Å²) in [5.41, 5.74) is 1.87. The van der Waals surface area contributed by atoms with Crippen LogP contribution < -0.4 is 5.32 Å². The fraction of sp³-hybridized carbons (Fsp3) is 0.353. The number of aryl methyl sites for hydroxylation is 1. The summed E-state index contributed by atoms with van der Waals surface area (Å²) in [6, 6.07) is 7.81. The number of aromatic amines is 1. The third-order valence-electron chi connectivity index (χ3n) is 4.41. The molecule has 1 amide bonds. The minimum absolute atomic E-state index is 0.0269. The quantitative estimate of drug-likeness (QED) is 0.764. The molecule has 3 aromatic rings. The van der Waals surface area contributed by atoms with Crippen LogP contribution in [0.4, 0.5) is 0 Å². The fourth-order valence-corrected chi connectivity index (χ4v) is 3.16. The molecule has 124 valence electrons. The highest BCUT2D eigenvalue weighted by Gasteiger charge is 2.37. The molecule has 7 nitrogen and oxygen atoms in total. The highest BCUT2D eigenvalue weighted by molar-refractivity contribution is 5.80. The Bertz CT molecular complexity index is 836. The zero-order valence-corrected chi connectivity index (χ0v) is 13.4. The summed E-state index contributed by atoms with van der Waals surface area (Å²) in [4.78, 5) is 24.6. The molecule has 1 aliphatic rings. The molecule has 1 aliphatic heterocycles. The Hall–Kier alpha value is -2.67. The molecule has 24 heavy (non-hydrogen) atoms. The Kier molecular flexibility index (Phi) is 3.78. The maximum Gasteiger partial charge on any atom is 0.226 e. The predicted molar refractivity (Wildman–Crippen MR) is 87.9 cm³/mol. The van der Waals surface area contributed by atoms with E-state index in [-0.39, 0.29) is 17.9 Å². The molecule has 4 rings (SSSR count). The first kappa shape index (κ1) is 14.9. The van der Waals surface area contributed by atoms with E-state index in [1.807, 2.05) is 42.1 Å². The number of nitrogens with zero attached hydrogens (tertiary/aromatic N) is 3. The Morgan fingerprint density at radius 1 is 1.46 bits per heavy atom. The number of benzene rings is 1. The van der Waals surface area contributed by atoms with Crippen LogP contribution in [0.1, 0.15) is 24.2 Å². The van der Waals surface area contributed by atoms with Gasteiger partial charge in [0.25, 0.3) is 0 Å². The van der Waals surface area contributed by atoms with E-state index in [1.165, 1.54) is 0 Å². The molecule has 0 bridgehead atoms. The van der Waals surface area contributed by atoms with Gasteiger partial charge in [0.2, 0.25) is 5.91 Å². The number of rotatable bonds is 4. The van der Waals surface area contributed by atoms with Gasteiger partial charge in [-0.3, -0.25) is 4.79 Å². The average Bonchev–Trinajstić information content (AvgIpc) is 3.30. The molecule has 0 aliphatic carbocycles. The highest BCUT2D eigenvalue weighted by Crippen LogP contribution is 2.33. The average molecular weight is 325 g/mol. The van der Waals surface area contributed by atoms with Gasteiger partial charge in [-0.1, -0.05) is 12.1 Å². The maximum absolute atomic E-state index is 12.6. The molecule has 0 spiro atoms. The molecule has 0 saturated carbocycles. The van der Waals surface area contributed by atoms with Gasteiger partial charge in [-0.05, 0) is 18.6 Å². The van der Waals surface area contributed by atoms with Gasteiger partial charge in [-0.2, -0.15) is 0 Å². The summed E-state index contributed by atoms with van der Waals surface area (Å²) in [5, 5.41) is 2.96. The van der Waals surface area contributed by atoms with E-state index >= 15 is 0 Å². The van der Waals surface area contributed by atoms with Crippen molar-refractivity contribution in [1.29, 1.82) is 0 Å². The lowest BCUT2D eigenvalue weighted by Crippen LogP contribution is -2.32. The van der Waals surface area contributed by atoms with Crippen LogP contribution in [0.5, 0.6) is 0 Å². The molecule has 1 saturated heterocycles. The summed E-state index contributed by atoms with van der Waals surface area (Å²) in [6.45, 7) is 0.942. The first-order valence-corrected chi connectivity index (χ1v) is 8.02. The van der Waals surface area contributed by atoms with Crippen LogP contribution in [-0.2, 0) is 23.1 Å². The second-order valence-corrected chi connectivity index (χ2v) is 6.00. The monoisotopic (exact) mass is 325 g/mol. The third kappa shape index (κ3) is 2.67. The van der Waals surface area contributed by atoms with Crippen LogP contribution in [0.3, 0.4) is 0 Å². The zero-order valence-electron chi connectivity index (χ0n) is 13.4. The van der Waals surface area contributed by atoms with Crippen molar-refractivity contribution in [1.82, 2.24) is 24.8 Å². The van der Waals surface area contributed by atoms with E-state index in [4.69, 9.17) is 4.74 Å². The van der Waals surface area contributed by atoms with Gasteiger partial charge in [0, 0.05) is 26.0 Å². The standard InChI is InChI=1S/C17H19N5O2/c1-22-8-7-18-16(22)15-11(6-9-24-15)17(23)19-10-14-20-12-4-2-3-5-13(12)21-14/h2-5,7-8,11,15H,6,9-10H2,1H3,(H,19,23)(H,20,21)/t11-,15-/m1/s1. The number of carbonyl (C=O) groups excluding carboxylic acids is 1. The van der Waals surface area contributed by atoms with E-state index in [9.17, 15) is 4.79 Å². The van der Waals surface area contributed by atoms with Gasteiger partial charge in [0.05, 0.1) is 23.5 Å². The molecule has 0 unspecified atom stereocenters. The highest BCUT2D eigenvalue weighted by atomic mass is 16.5. The minimum Gasteiger partial charge on any atom is -0.369 e. The smallest absolute Gasteiger partial charge is 0.226 e. The molecule has 2 atom stereocenters. The SMILES string of the molecule is Cn1ccnc1[C@@H]1OCC[C@H]1C(=O)NCc1nc2ccccc2[nH]1. The van der Waals surface area contributed by atoms with Crippen LogP contribution in [0.2, 0.25) is 0 Å². The van der Waals surface area contributed by atoms with E-state index in [1.54, 1.807) is 6.20 Å². The largest absolute Gasteiger partial charge is 0.369 e. The predicted octanol–water partition coefficient (Wildman–Crippen LogP) is 1.69. The Morgan fingerprint density at radius 3 is 3.12 bits per heavy atom. The van der Waals surface area contributed by atoms with Crippen LogP contribution in [0, 0.1) is 5.92 Å². The summed E-state index contributed by atoms with van der Waals surface area (Å²) >= 11 is 0. The second kappa shape index (κ2) is 6.09. The van der Waals surface area contributed by atoms with Crippen molar-refractivity contribution in [2.24, 2.45) is 13.0 Å². The van der Waals surface area contributed by atoms with E-state index in [0.717, 1.165) is 22.7 Å². The van der Waals surface area contributed by atoms with Crippen LogP contribution in [-0.4, -0.2) is 32.0 Å². The fourth-order valence-electron chi connectivity index (χ4n) is 3.16. The number of hydrogen-bond acceptors (Lipinski definition) is 4. The molecular formula is C17H19N5O2. The van der Waals surface area contributed by atoms with Crippen molar-refractivity contribution in [2.75, 3.05) is 6.61 Å². The number of fused-ring (bicyclic) bond motifs is 1. The van der Waals surface area contributed by atoms with Gasteiger partial charge in [-0.25, -0.2) is 9.97 Å². The molecule has 1 aromatic carbocycles. The molecule has 3 heterocycles. The summed E-state index contributed by atoms with van der Waals surface area (Å²) < 4.78 is 7.64. The normalized spacial score (nSPS) is 20.5. The van der Waals surface area contributed by atoms with Gasteiger partial charge in [0.15, 0.2) is 0 Å². The number of carbonyl (C=O) groups is 1. The molecule has 0 radical (unpaired) electrons. The summed E-state index contributed by atoms with van der Waals surface area (Å²) in [6.07, 6.45) is 3.99. The van der Waals surface area contributed by atoms with Crippen molar-refractivity contribution in [3.05, 3.63) is 48.3 Å². The number of amides is 1. The minimum atomic E-state index is -0.291. The lowest BCUT2D eigenvalue weighted by atomic mass is 10.00. The van der Waals surface area contributed by atoms with Crippen LogP contribution in [0.25, 0.3) is 11.0 Å². The lowest BCUT2D eigenvalue weighted by molar-refractivity contribution is -0.127. The third-order valence-corrected chi connectivity index (χ3v) is 4.41. The number of ether oxygens (including phenoxy) is 1. The number of nitrogens with one attached hydrogen (secondary N) is 2. The van der Waals surface area contributed by atoms with Crippen molar-refractivity contribution in [2.45, 2.75) is 19.1 Å². The van der Waals surface area contributed by atoms with E-state index in [0.29, 0.717) is 19.6 Å². The molecule has 1 fully saturated rings. The first-order valence-electron chi connectivity index (χ1n) is 8.02. The van der Waals surface area contributed by atoms with E-state index in [2.05, 4.69) is 20.3 Å². The van der Waals surface area contributed by atoms with Gasteiger partial charge in [-0.15, -0.1) is 0 Å². The van der Waals surface area contributed by atoms with Crippen LogP contribution >= 0.6 is 0 Å². The maximum atomic E-state index is 12.6. The van der Waals surface area contributed by atoms with Gasteiger partial charge in [0.1, 0.15) is 17.8 Å². The number of hydrogen-bond donors (Lipinski definition) is 2. The Balaban J connectivity index is 1.44. The van der Waals surface area contributed by atoms with E-state index < -0.39 is 0 Å². The number of para-hydroxylation sites is 2. The Morgan fingerprint density at radius 2 is 2.33 bits per heavy atom. The van der Waals surface area contributed by atoms with Crippen molar-refractivity contribution in [3.8, 4) is 0 Å². The number of imidazole rings is 2. The second-order valence-electron chi connectivity index (χ2n) is 6.00. The first-order chi connectivity index (χ1) is 11.7. The molecular weight excluding hydrogens is 306 g/mol. The summed E-state index contributed by atoms with van der Waals surface area (Å²) in [7, 11) is 1.91. The van der Waals surface area contributed by atoms with Gasteiger partial charge < -0.3 is 19.6 Å². The van der Waals surface area contributed by atoms with Crippen molar-refractivity contribution in [3.63, 3.8) is 0 Å². The van der Waals surface area contributed by atoms with Crippen molar-refractivity contribution >= 4 is 16.9 Å². The van der Waals surface area contributed by atoms with Crippen molar-refractivity contribution < 1.29 is 9.53 Å². The van der Waals surface area contributed by atoms with Crippen LogP contribution in [0.15, 0.2) is 36.7 Å². The molecule has 7 heteroatoms. The number of aromatic nitrogens is 4. The number of H-pyrrole nitrogens is 1. The topological polar surface area (TPSA) is 84.8 Å². The molecule has 2 aromatic heterocycles. The Labute approximate surface area is 139 Å². The lowest BCUT2D eigenvalue weighted by Gasteiger charge is -2.17. The van der Waals surface area contributed by atoms with Gasteiger partial charge >= 0.3 is 0 Å². The zero-order chi connectivity index (χ0) is 16.5.